The third kappa shape index (κ3) is 5.67. The zero-order chi connectivity index (χ0) is 21.7. The molecule has 156 valence electrons. The molecule has 0 saturated heterocycles. The molecule has 0 saturated carbocycles. The number of hydrogen-bond acceptors (Lipinski definition) is 7. The van der Waals surface area contributed by atoms with E-state index < -0.39 is 15.9 Å². The second-order valence-electron chi connectivity index (χ2n) is 7.15. The molecule has 0 aliphatic heterocycles. The van der Waals surface area contributed by atoms with Crippen LogP contribution in [-0.4, -0.2) is 41.5 Å². The van der Waals surface area contributed by atoms with Crippen molar-refractivity contribution < 1.29 is 14.3 Å². The van der Waals surface area contributed by atoms with Crippen molar-refractivity contribution in [1.82, 2.24) is 19.7 Å². The van der Waals surface area contributed by atoms with E-state index in [1.165, 1.54) is 4.57 Å². The second-order valence-corrected chi connectivity index (χ2v) is 9.75. The van der Waals surface area contributed by atoms with Gasteiger partial charge in [-0.25, -0.2) is 9.36 Å². The van der Waals surface area contributed by atoms with Crippen molar-refractivity contribution in [1.29, 1.82) is 0 Å². The summed E-state index contributed by atoms with van der Waals surface area (Å²) in [4.78, 5) is 29.5. The van der Waals surface area contributed by atoms with Crippen LogP contribution < -0.4 is 5.32 Å². The fourth-order valence-corrected chi connectivity index (χ4v) is 3.69. The van der Waals surface area contributed by atoms with E-state index in [2.05, 4.69) is 36.4 Å². The number of carbonyl (C=O) groups is 2. The lowest BCUT2D eigenvalue weighted by molar-refractivity contribution is -0.114. The largest absolute Gasteiger partial charge is 0.443 e. The number of hydrogen-bond donors (Lipinski definition) is 1. The first-order valence-corrected chi connectivity index (χ1v) is 10.8. The van der Waals surface area contributed by atoms with Gasteiger partial charge in [-0.3, -0.25) is 9.78 Å². The van der Waals surface area contributed by atoms with Crippen LogP contribution in [0.15, 0.2) is 60.0 Å². The molecule has 1 N–H and O–H groups in total. The number of alkyl halides is 1. The van der Waals surface area contributed by atoms with Crippen LogP contribution in [-0.2, 0) is 9.53 Å². The number of thioether (sulfide) groups is 1. The molecular weight excluding hydrogens is 470 g/mol. The molecule has 8 nitrogen and oxygen atoms in total. The summed E-state index contributed by atoms with van der Waals surface area (Å²) in [5.41, 5.74) is 0.549. The number of rotatable bonds is 5. The predicted molar refractivity (Wildman–Crippen MR) is 119 cm³/mol. The molecule has 3 aromatic rings. The van der Waals surface area contributed by atoms with E-state index in [4.69, 9.17) is 4.74 Å². The quantitative estimate of drug-likeness (QED) is 0.413. The van der Waals surface area contributed by atoms with Crippen molar-refractivity contribution in [3.63, 3.8) is 0 Å². The molecule has 30 heavy (non-hydrogen) atoms. The van der Waals surface area contributed by atoms with Crippen LogP contribution in [0.3, 0.4) is 0 Å². The molecule has 0 radical (unpaired) electrons. The molecule has 0 aliphatic carbocycles. The lowest BCUT2D eigenvalue weighted by atomic mass is 10.2. The van der Waals surface area contributed by atoms with Crippen LogP contribution in [0, 0.1) is 0 Å². The first-order valence-electron chi connectivity index (χ1n) is 9.00. The van der Waals surface area contributed by atoms with Crippen molar-refractivity contribution in [3.8, 4) is 11.4 Å². The minimum absolute atomic E-state index is 0.216. The van der Waals surface area contributed by atoms with Crippen molar-refractivity contribution in [2.24, 2.45) is 0 Å². The smallest absolute Gasteiger partial charge is 0.422 e. The standard InChI is InChI=1S/C20H20BrN5O3S/c1-20(2,3)29-19(28)26-16(13-8-7-11-22-12-13)24-25-18(26)30-15(21)17(27)23-14-9-5-4-6-10-14/h4-12,15H,1-3H3,(H,23,27). The van der Waals surface area contributed by atoms with Gasteiger partial charge in [-0.05, 0) is 45.0 Å². The normalized spacial score (nSPS) is 12.3. The maximum atomic E-state index is 12.9. The van der Waals surface area contributed by atoms with Gasteiger partial charge >= 0.3 is 6.09 Å². The van der Waals surface area contributed by atoms with Crippen LogP contribution in [0.25, 0.3) is 11.4 Å². The maximum Gasteiger partial charge on any atom is 0.422 e. The fraction of sp³-hybridized carbons (Fsp3) is 0.250. The predicted octanol–water partition coefficient (Wildman–Crippen LogP) is 4.58. The Morgan fingerprint density at radius 1 is 1.13 bits per heavy atom. The van der Waals surface area contributed by atoms with Gasteiger partial charge in [0.15, 0.2) is 5.82 Å². The number of amides is 1. The van der Waals surface area contributed by atoms with Crippen LogP contribution in [0.5, 0.6) is 0 Å². The first kappa shape index (κ1) is 22.0. The van der Waals surface area contributed by atoms with E-state index in [9.17, 15) is 9.59 Å². The second kappa shape index (κ2) is 9.40. The van der Waals surface area contributed by atoms with Gasteiger partial charge in [0.2, 0.25) is 11.1 Å². The van der Waals surface area contributed by atoms with Crippen molar-refractivity contribution >= 4 is 45.4 Å². The van der Waals surface area contributed by atoms with E-state index in [0.717, 1.165) is 11.8 Å². The highest BCUT2D eigenvalue weighted by Crippen LogP contribution is 2.30. The number of aromatic nitrogens is 4. The summed E-state index contributed by atoms with van der Waals surface area (Å²) in [6, 6.07) is 12.6. The minimum atomic E-state index is -0.718. The van der Waals surface area contributed by atoms with Crippen LogP contribution in [0.1, 0.15) is 20.8 Å². The number of halogens is 1. The number of benzene rings is 1. The first-order chi connectivity index (χ1) is 14.2. The Labute approximate surface area is 186 Å². The Kier molecular flexibility index (Phi) is 6.88. The topological polar surface area (TPSA) is 99.0 Å². The monoisotopic (exact) mass is 489 g/mol. The lowest BCUT2D eigenvalue weighted by Crippen LogP contribution is -2.28. The summed E-state index contributed by atoms with van der Waals surface area (Å²) in [5, 5.41) is 11.3. The van der Waals surface area contributed by atoms with E-state index in [1.54, 1.807) is 57.4 Å². The molecule has 0 bridgehead atoms. The third-order valence-electron chi connectivity index (χ3n) is 3.59. The van der Waals surface area contributed by atoms with Gasteiger partial charge < -0.3 is 10.1 Å². The highest BCUT2D eigenvalue weighted by molar-refractivity contribution is 9.11. The van der Waals surface area contributed by atoms with Gasteiger partial charge in [0, 0.05) is 23.6 Å². The van der Waals surface area contributed by atoms with Crippen LogP contribution in [0.2, 0.25) is 0 Å². The number of nitrogens with one attached hydrogen (secondary N) is 1. The third-order valence-corrected chi connectivity index (χ3v) is 5.46. The van der Waals surface area contributed by atoms with E-state index in [-0.39, 0.29) is 16.9 Å². The molecule has 1 atom stereocenters. The van der Waals surface area contributed by atoms with Crippen molar-refractivity contribution in [3.05, 3.63) is 54.9 Å². The average molecular weight is 490 g/mol. The summed E-state index contributed by atoms with van der Waals surface area (Å²) < 4.78 is 6.05. The van der Waals surface area contributed by atoms with E-state index in [0.29, 0.717) is 11.3 Å². The number of ether oxygens (including phenoxy) is 1. The maximum absolute atomic E-state index is 12.9. The number of pyridine rings is 1. The van der Waals surface area contributed by atoms with Crippen LogP contribution in [0.4, 0.5) is 10.5 Å². The van der Waals surface area contributed by atoms with Crippen molar-refractivity contribution in [2.75, 3.05) is 5.32 Å². The molecule has 0 aliphatic rings. The van der Waals surface area contributed by atoms with Gasteiger partial charge in [-0.2, -0.15) is 0 Å². The highest BCUT2D eigenvalue weighted by atomic mass is 79.9. The lowest BCUT2D eigenvalue weighted by Gasteiger charge is -2.20. The molecule has 0 fully saturated rings. The summed E-state index contributed by atoms with van der Waals surface area (Å²) >= 11 is 4.39. The van der Waals surface area contributed by atoms with Crippen LogP contribution >= 0.6 is 27.7 Å². The molecule has 10 heteroatoms. The number of carbonyl (C=O) groups excluding carboxylic acids is 2. The zero-order valence-corrected chi connectivity index (χ0v) is 19.0. The molecule has 2 aromatic heterocycles. The minimum Gasteiger partial charge on any atom is -0.443 e. The van der Waals surface area contributed by atoms with Crippen molar-refractivity contribution in [2.45, 2.75) is 35.7 Å². The van der Waals surface area contributed by atoms with Gasteiger partial charge in [-0.15, -0.1) is 10.2 Å². The van der Waals surface area contributed by atoms with E-state index >= 15 is 0 Å². The molecule has 0 spiro atoms. The Morgan fingerprint density at radius 2 is 1.87 bits per heavy atom. The van der Waals surface area contributed by atoms with Gasteiger partial charge in [0.25, 0.3) is 0 Å². The Bertz CT molecular complexity index is 1020. The molecule has 1 amide bonds. The average Bonchev–Trinajstić information content (AvgIpc) is 3.12. The summed E-state index contributed by atoms with van der Waals surface area (Å²) in [7, 11) is 0. The SMILES string of the molecule is CC(C)(C)OC(=O)n1c(SC(Br)C(=O)Nc2ccccc2)nnc1-c1cccnc1. The molecule has 3 rings (SSSR count). The Hall–Kier alpha value is -2.72. The Balaban J connectivity index is 1.87. The Morgan fingerprint density at radius 3 is 2.50 bits per heavy atom. The summed E-state index contributed by atoms with van der Waals surface area (Å²) in [6.45, 7) is 5.31. The molecule has 1 aromatic carbocycles. The number of nitrogens with zero attached hydrogens (tertiary/aromatic N) is 4. The molecular formula is C20H20BrN5O3S. The van der Waals surface area contributed by atoms with Gasteiger partial charge in [-0.1, -0.05) is 45.9 Å². The summed E-state index contributed by atoms with van der Waals surface area (Å²) in [5.74, 6) is -0.0177. The highest BCUT2D eigenvalue weighted by Gasteiger charge is 2.28. The fourth-order valence-electron chi connectivity index (χ4n) is 2.37. The van der Waals surface area contributed by atoms with E-state index in [1.807, 2.05) is 18.2 Å². The van der Waals surface area contributed by atoms with Gasteiger partial charge in [0.05, 0.1) is 0 Å². The summed E-state index contributed by atoms with van der Waals surface area (Å²) in [6.07, 6.45) is 2.56. The van der Waals surface area contributed by atoms with Gasteiger partial charge in [0.1, 0.15) is 9.76 Å². The zero-order valence-electron chi connectivity index (χ0n) is 16.6. The molecule has 1 unspecified atom stereocenters. The molecule has 2 heterocycles. The number of para-hydroxylation sites is 1. The number of anilines is 1.